The maximum atomic E-state index is 5.55. The Morgan fingerprint density at radius 2 is 1.75 bits per heavy atom. The average molecular weight is 331 g/mol. The summed E-state index contributed by atoms with van der Waals surface area (Å²) in [5.74, 6) is 1.35. The van der Waals surface area contributed by atoms with Gasteiger partial charge in [0.25, 0.3) is 0 Å². The number of para-hydroxylation sites is 1. The third-order valence-electron chi connectivity index (χ3n) is 2.65. The van der Waals surface area contributed by atoms with Gasteiger partial charge in [-0.25, -0.2) is 0 Å². The minimum atomic E-state index is 0.230. The molecule has 0 saturated heterocycles. The predicted molar refractivity (Wildman–Crippen MR) is 78.0 cm³/mol. The Morgan fingerprint density at radius 3 is 2.50 bits per heavy atom. The lowest BCUT2D eigenvalue weighted by molar-refractivity contribution is 0.200. The first-order valence-corrected chi connectivity index (χ1v) is 6.82. The molecule has 100 valence electrons. The molecule has 0 aliphatic carbocycles. The molecule has 1 aromatic heterocycles. The lowest BCUT2D eigenvalue weighted by atomic mass is 10.2. The summed E-state index contributed by atoms with van der Waals surface area (Å²) in [5.41, 5.74) is 0.916. The lowest BCUT2D eigenvalue weighted by Crippen LogP contribution is -2.08. The normalized spacial score (nSPS) is 10.4. The number of hydrogen-bond donors (Lipinski definition) is 0. The highest BCUT2D eigenvalue weighted by molar-refractivity contribution is 9.10. The highest BCUT2D eigenvalue weighted by Crippen LogP contribution is 2.17. The van der Waals surface area contributed by atoms with Crippen molar-refractivity contribution in [1.29, 1.82) is 0 Å². The molecule has 0 N–H and O–H groups in total. The fraction of sp³-hybridized carbons (Fsp3) is 0.0714. The van der Waals surface area contributed by atoms with Crippen LogP contribution in [0.1, 0.15) is 0 Å². The topological polar surface area (TPSA) is 52.8 Å². The third kappa shape index (κ3) is 3.03. The van der Waals surface area contributed by atoms with Crippen LogP contribution in [0.3, 0.4) is 0 Å². The molecule has 20 heavy (non-hydrogen) atoms. The van der Waals surface area contributed by atoms with E-state index in [9.17, 15) is 0 Å². The van der Waals surface area contributed by atoms with Crippen molar-refractivity contribution in [2.75, 3.05) is 0 Å². The Kier molecular flexibility index (Phi) is 3.73. The van der Waals surface area contributed by atoms with Crippen molar-refractivity contribution in [1.82, 2.24) is 20.2 Å². The summed E-state index contributed by atoms with van der Waals surface area (Å²) in [4.78, 5) is 1.42. The first kappa shape index (κ1) is 12.8. The molecule has 0 bridgehead atoms. The molecule has 6 heteroatoms. The molecule has 0 atom stereocenters. The van der Waals surface area contributed by atoms with Crippen LogP contribution >= 0.6 is 15.9 Å². The second-order valence-electron chi connectivity index (χ2n) is 4.08. The predicted octanol–water partition coefficient (Wildman–Crippen LogP) is 3.14. The summed E-state index contributed by atoms with van der Waals surface area (Å²) < 4.78 is 6.57. The first-order valence-electron chi connectivity index (χ1n) is 6.03. The minimum absolute atomic E-state index is 0.230. The average Bonchev–Trinajstić information content (AvgIpc) is 2.96. The van der Waals surface area contributed by atoms with Crippen molar-refractivity contribution >= 4 is 15.9 Å². The lowest BCUT2D eigenvalue weighted by Gasteiger charge is -2.03. The van der Waals surface area contributed by atoms with Crippen LogP contribution in [0.25, 0.3) is 11.4 Å². The van der Waals surface area contributed by atoms with Gasteiger partial charge in [0.2, 0.25) is 12.6 Å². The smallest absolute Gasteiger partial charge is 0.205 e. The van der Waals surface area contributed by atoms with Gasteiger partial charge in [0, 0.05) is 10.0 Å². The number of nitrogens with zero attached hydrogens (tertiary/aromatic N) is 4. The molecule has 1 heterocycles. The van der Waals surface area contributed by atoms with Crippen molar-refractivity contribution in [3.8, 4) is 17.1 Å². The fourth-order valence-electron chi connectivity index (χ4n) is 1.66. The van der Waals surface area contributed by atoms with Gasteiger partial charge in [-0.3, -0.25) is 0 Å². The number of rotatable bonds is 4. The molecule has 3 aromatic rings. The maximum Gasteiger partial charge on any atom is 0.205 e. The number of halogens is 1. The van der Waals surface area contributed by atoms with Crippen LogP contribution in [0.4, 0.5) is 0 Å². The van der Waals surface area contributed by atoms with E-state index in [1.165, 1.54) is 4.80 Å². The van der Waals surface area contributed by atoms with Crippen molar-refractivity contribution in [3.63, 3.8) is 0 Å². The highest BCUT2D eigenvalue weighted by atomic mass is 79.9. The molecule has 0 fully saturated rings. The van der Waals surface area contributed by atoms with E-state index < -0.39 is 0 Å². The standard InChI is InChI=1S/C14H11BrN4O/c15-12-8-6-11(7-9-12)14-16-18-19(17-14)10-20-13-4-2-1-3-5-13/h1-9H,10H2. The molecule has 0 aliphatic rings. The van der Waals surface area contributed by atoms with Crippen molar-refractivity contribution in [2.24, 2.45) is 0 Å². The zero-order valence-corrected chi connectivity index (χ0v) is 12.1. The number of aromatic nitrogens is 4. The summed E-state index contributed by atoms with van der Waals surface area (Å²) >= 11 is 3.39. The zero-order valence-electron chi connectivity index (χ0n) is 10.5. The summed E-state index contributed by atoms with van der Waals surface area (Å²) in [6.07, 6.45) is 0. The molecule has 0 saturated carbocycles. The second-order valence-corrected chi connectivity index (χ2v) is 4.99. The monoisotopic (exact) mass is 330 g/mol. The van der Waals surface area contributed by atoms with Crippen molar-refractivity contribution < 1.29 is 4.74 Å². The molecule has 0 unspecified atom stereocenters. The van der Waals surface area contributed by atoms with Crippen LogP contribution in [0.2, 0.25) is 0 Å². The van der Waals surface area contributed by atoms with E-state index >= 15 is 0 Å². The van der Waals surface area contributed by atoms with Gasteiger partial charge in [-0.2, -0.15) is 0 Å². The Bertz CT molecular complexity index is 682. The van der Waals surface area contributed by atoms with E-state index in [1.54, 1.807) is 0 Å². The zero-order chi connectivity index (χ0) is 13.8. The molecular weight excluding hydrogens is 320 g/mol. The highest BCUT2D eigenvalue weighted by Gasteiger charge is 2.05. The molecule has 2 aromatic carbocycles. The van der Waals surface area contributed by atoms with Gasteiger partial charge in [0.15, 0.2) is 0 Å². The van der Waals surface area contributed by atoms with Crippen LogP contribution in [-0.4, -0.2) is 20.2 Å². The Morgan fingerprint density at radius 1 is 1.00 bits per heavy atom. The Labute approximate surface area is 124 Å². The number of hydrogen-bond acceptors (Lipinski definition) is 4. The number of tetrazole rings is 1. The van der Waals surface area contributed by atoms with Gasteiger partial charge in [-0.1, -0.05) is 34.1 Å². The van der Waals surface area contributed by atoms with Crippen LogP contribution in [0.5, 0.6) is 5.75 Å². The van der Waals surface area contributed by atoms with E-state index in [-0.39, 0.29) is 6.73 Å². The van der Waals surface area contributed by atoms with E-state index in [1.807, 2.05) is 54.6 Å². The molecule has 3 rings (SSSR count). The van der Waals surface area contributed by atoms with Gasteiger partial charge >= 0.3 is 0 Å². The first-order chi connectivity index (χ1) is 9.81. The van der Waals surface area contributed by atoms with Crippen LogP contribution in [0.15, 0.2) is 59.1 Å². The van der Waals surface area contributed by atoms with E-state index in [0.29, 0.717) is 5.82 Å². The van der Waals surface area contributed by atoms with Crippen LogP contribution in [0, 0.1) is 0 Å². The SMILES string of the molecule is Brc1ccc(-c2nnn(COc3ccccc3)n2)cc1. The summed E-state index contributed by atoms with van der Waals surface area (Å²) in [6.45, 7) is 0.230. The summed E-state index contributed by atoms with van der Waals surface area (Å²) in [7, 11) is 0. The fourth-order valence-corrected chi connectivity index (χ4v) is 1.93. The second kappa shape index (κ2) is 5.83. The molecule has 0 spiro atoms. The molecule has 0 radical (unpaired) electrons. The number of benzene rings is 2. The molecule has 5 nitrogen and oxygen atoms in total. The largest absolute Gasteiger partial charge is 0.470 e. The molecule has 0 aliphatic heterocycles. The summed E-state index contributed by atoms with van der Waals surface area (Å²) in [6, 6.07) is 17.3. The van der Waals surface area contributed by atoms with Gasteiger partial charge in [-0.15, -0.1) is 15.0 Å². The maximum absolute atomic E-state index is 5.55. The van der Waals surface area contributed by atoms with Crippen LogP contribution < -0.4 is 4.74 Å². The van der Waals surface area contributed by atoms with Gasteiger partial charge in [-0.05, 0) is 41.6 Å². The number of ether oxygens (including phenoxy) is 1. The van der Waals surface area contributed by atoms with E-state index in [4.69, 9.17) is 4.74 Å². The molecular formula is C14H11BrN4O. The Hall–Kier alpha value is -2.21. The molecule has 0 amide bonds. The van der Waals surface area contributed by atoms with Gasteiger partial charge in [0.05, 0.1) is 0 Å². The van der Waals surface area contributed by atoms with Crippen LogP contribution in [-0.2, 0) is 6.73 Å². The third-order valence-corrected chi connectivity index (χ3v) is 3.17. The van der Waals surface area contributed by atoms with Gasteiger partial charge < -0.3 is 4.74 Å². The van der Waals surface area contributed by atoms with E-state index in [2.05, 4.69) is 31.3 Å². The van der Waals surface area contributed by atoms with Crippen molar-refractivity contribution in [2.45, 2.75) is 6.73 Å². The van der Waals surface area contributed by atoms with Gasteiger partial charge in [0.1, 0.15) is 5.75 Å². The van der Waals surface area contributed by atoms with E-state index in [0.717, 1.165) is 15.8 Å². The van der Waals surface area contributed by atoms with Crippen molar-refractivity contribution in [3.05, 3.63) is 59.1 Å². The summed E-state index contributed by atoms with van der Waals surface area (Å²) in [5, 5.41) is 12.3. The quantitative estimate of drug-likeness (QED) is 0.737. The Balaban J connectivity index is 1.69. The minimum Gasteiger partial charge on any atom is -0.470 e.